The first kappa shape index (κ1) is 7.39. The highest BCUT2D eigenvalue weighted by molar-refractivity contribution is 9.10. The van der Waals surface area contributed by atoms with Gasteiger partial charge >= 0.3 is 0 Å². The van der Waals surface area contributed by atoms with Crippen molar-refractivity contribution in [3.8, 4) is 11.8 Å². The zero-order valence-corrected chi connectivity index (χ0v) is 6.81. The molecule has 0 saturated carbocycles. The van der Waals surface area contributed by atoms with Crippen LogP contribution in [0.2, 0.25) is 0 Å². The molecule has 0 unspecified atom stereocenters. The van der Waals surface area contributed by atoms with Gasteiger partial charge in [0.2, 0.25) is 0 Å². The number of hydrogen-bond acceptors (Lipinski definition) is 2. The maximum Gasteiger partial charge on any atom is 0.178 e. The van der Waals surface area contributed by atoms with Crippen molar-refractivity contribution < 1.29 is 4.42 Å². The predicted molar refractivity (Wildman–Crippen MR) is 42.3 cm³/mol. The van der Waals surface area contributed by atoms with E-state index in [0.717, 1.165) is 0 Å². The zero-order valence-electron chi connectivity index (χ0n) is 5.23. The fourth-order valence-electron chi connectivity index (χ4n) is 0.520. The summed E-state index contributed by atoms with van der Waals surface area (Å²) in [5, 5.41) is 0. The van der Waals surface area contributed by atoms with Crippen LogP contribution in [0.1, 0.15) is 5.76 Å². The Hall–Kier alpha value is -0.720. The third-order valence-corrected chi connectivity index (χ3v) is 1.31. The molecule has 52 valence electrons. The van der Waals surface area contributed by atoms with Crippen LogP contribution in [0.15, 0.2) is 21.2 Å². The number of furan rings is 1. The van der Waals surface area contributed by atoms with Crippen molar-refractivity contribution >= 4 is 15.9 Å². The molecule has 0 radical (unpaired) electrons. The predicted octanol–water partition coefficient (Wildman–Crippen LogP) is 1.35. The minimum Gasteiger partial charge on any atom is -0.441 e. The molecule has 1 heterocycles. The number of nitrogens with two attached hydrogens (primary N) is 1. The van der Waals surface area contributed by atoms with Gasteiger partial charge in [-0.25, -0.2) is 0 Å². The van der Waals surface area contributed by atoms with E-state index in [9.17, 15) is 0 Å². The summed E-state index contributed by atoms with van der Waals surface area (Å²) >= 11 is 3.16. The Bertz CT molecular complexity index is 269. The third-order valence-electron chi connectivity index (χ3n) is 0.887. The summed E-state index contributed by atoms with van der Waals surface area (Å²) in [7, 11) is 0. The second kappa shape index (κ2) is 3.45. The molecular weight excluding hydrogens is 194 g/mol. The van der Waals surface area contributed by atoms with E-state index < -0.39 is 0 Å². The third kappa shape index (κ3) is 1.90. The molecule has 0 atom stereocenters. The molecule has 0 aromatic carbocycles. The Balaban J connectivity index is 2.76. The highest BCUT2D eigenvalue weighted by Gasteiger charge is 1.91. The second-order valence-electron chi connectivity index (χ2n) is 1.61. The lowest BCUT2D eigenvalue weighted by molar-refractivity contribution is 0.529. The largest absolute Gasteiger partial charge is 0.441 e. The van der Waals surface area contributed by atoms with Crippen molar-refractivity contribution in [2.75, 3.05) is 6.54 Å². The van der Waals surface area contributed by atoms with Crippen molar-refractivity contribution in [3.05, 3.63) is 22.6 Å². The van der Waals surface area contributed by atoms with E-state index in [1.807, 2.05) is 0 Å². The lowest BCUT2D eigenvalue weighted by atomic mass is 10.4. The van der Waals surface area contributed by atoms with Gasteiger partial charge in [-0.3, -0.25) is 0 Å². The molecule has 0 aliphatic rings. The molecule has 1 aromatic heterocycles. The van der Waals surface area contributed by atoms with Crippen LogP contribution >= 0.6 is 15.9 Å². The van der Waals surface area contributed by atoms with Crippen molar-refractivity contribution in [1.29, 1.82) is 0 Å². The van der Waals surface area contributed by atoms with E-state index in [0.29, 0.717) is 17.0 Å². The zero-order chi connectivity index (χ0) is 7.40. The average molecular weight is 200 g/mol. The van der Waals surface area contributed by atoms with Gasteiger partial charge in [0.15, 0.2) is 10.4 Å². The SMILES string of the molecule is NCC#Cc1ccc(Br)o1. The molecule has 2 nitrogen and oxygen atoms in total. The topological polar surface area (TPSA) is 39.2 Å². The monoisotopic (exact) mass is 199 g/mol. The molecule has 3 heteroatoms. The first-order chi connectivity index (χ1) is 4.83. The van der Waals surface area contributed by atoms with Crippen molar-refractivity contribution in [3.63, 3.8) is 0 Å². The van der Waals surface area contributed by atoms with Crippen molar-refractivity contribution in [2.24, 2.45) is 5.73 Å². The summed E-state index contributed by atoms with van der Waals surface area (Å²) < 4.78 is 5.76. The van der Waals surface area contributed by atoms with Gasteiger partial charge in [0.1, 0.15) is 0 Å². The molecule has 2 N–H and O–H groups in total. The fourth-order valence-corrected chi connectivity index (χ4v) is 0.826. The molecule has 1 rings (SSSR count). The van der Waals surface area contributed by atoms with Crippen LogP contribution in [0.3, 0.4) is 0 Å². The first-order valence-electron chi connectivity index (χ1n) is 2.77. The lowest BCUT2D eigenvalue weighted by Crippen LogP contribution is -1.92. The summed E-state index contributed by atoms with van der Waals surface area (Å²) in [5.41, 5.74) is 5.16. The van der Waals surface area contributed by atoms with Crippen LogP contribution in [-0.2, 0) is 0 Å². The average Bonchev–Trinajstić information content (AvgIpc) is 2.31. The van der Waals surface area contributed by atoms with E-state index >= 15 is 0 Å². The molecule has 0 amide bonds. The molecule has 1 aromatic rings. The summed E-state index contributed by atoms with van der Waals surface area (Å²) in [6.45, 7) is 0.359. The smallest absolute Gasteiger partial charge is 0.178 e. The van der Waals surface area contributed by atoms with E-state index in [4.69, 9.17) is 10.2 Å². The molecule has 0 aliphatic heterocycles. The Morgan fingerprint density at radius 2 is 2.40 bits per heavy atom. The van der Waals surface area contributed by atoms with Gasteiger partial charge < -0.3 is 10.2 Å². The fraction of sp³-hybridized carbons (Fsp3) is 0.143. The van der Waals surface area contributed by atoms with Crippen LogP contribution in [-0.4, -0.2) is 6.54 Å². The standard InChI is InChI=1S/C7H6BrNO/c8-7-4-3-6(10-7)2-1-5-9/h3-4H,5,9H2. The lowest BCUT2D eigenvalue weighted by Gasteiger charge is -1.77. The van der Waals surface area contributed by atoms with Gasteiger partial charge in [-0.15, -0.1) is 0 Å². The highest BCUT2D eigenvalue weighted by atomic mass is 79.9. The van der Waals surface area contributed by atoms with Crippen LogP contribution in [0.25, 0.3) is 0 Å². The van der Waals surface area contributed by atoms with Crippen LogP contribution in [0.4, 0.5) is 0 Å². The number of rotatable bonds is 0. The second-order valence-corrected chi connectivity index (χ2v) is 2.39. The van der Waals surface area contributed by atoms with Crippen LogP contribution < -0.4 is 5.73 Å². The number of halogens is 1. The highest BCUT2D eigenvalue weighted by Crippen LogP contribution is 2.12. The van der Waals surface area contributed by atoms with Gasteiger partial charge in [0.05, 0.1) is 6.54 Å². The molecular formula is C7H6BrNO. The van der Waals surface area contributed by atoms with Gasteiger partial charge in [0, 0.05) is 0 Å². The molecule has 0 fully saturated rings. The van der Waals surface area contributed by atoms with E-state index in [1.165, 1.54) is 0 Å². The van der Waals surface area contributed by atoms with Gasteiger partial charge in [-0.05, 0) is 34.0 Å². The molecule has 0 saturated heterocycles. The maximum atomic E-state index is 5.16. The van der Waals surface area contributed by atoms with E-state index in [-0.39, 0.29) is 0 Å². The van der Waals surface area contributed by atoms with Crippen LogP contribution in [0, 0.1) is 11.8 Å². The summed E-state index contributed by atoms with van der Waals surface area (Å²) in [6, 6.07) is 3.58. The normalized spacial score (nSPS) is 8.60. The summed E-state index contributed by atoms with van der Waals surface area (Å²) in [4.78, 5) is 0. The Labute approximate surface area is 67.5 Å². The molecule has 0 spiro atoms. The summed E-state index contributed by atoms with van der Waals surface area (Å²) in [5.74, 6) is 6.07. The quantitative estimate of drug-likeness (QED) is 0.642. The van der Waals surface area contributed by atoms with Gasteiger partial charge in [-0.1, -0.05) is 5.92 Å². The molecule has 10 heavy (non-hydrogen) atoms. The first-order valence-corrected chi connectivity index (χ1v) is 3.56. The Morgan fingerprint density at radius 1 is 1.60 bits per heavy atom. The molecule has 0 bridgehead atoms. The maximum absolute atomic E-state index is 5.16. The van der Waals surface area contributed by atoms with Gasteiger partial charge in [0.25, 0.3) is 0 Å². The number of hydrogen-bond donors (Lipinski definition) is 1. The minimum atomic E-state index is 0.359. The Kier molecular flexibility index (Phi) is 2.55. The van der Waals surface area contributed by atoms with E-state index in [2.05, 4.69) is 27.8 Å². The molecule has 0 aliphatic carbocycles. The van der Waals surface area contributed by atoms with Crippen molar-refractivity contribution in [2.45, 2.75) is 0 Å². The Morgan fingerprint density at radius 3 is 2.90 bits per heavy atom. The summed E-state index contributed by atoms with van der Waals surface area (Å²) in [6.07, 6.45) is 0. The van der Waals surface area contributed by atoms with Gasteiger partial charge in [-0.2, -0.15) is 0 Å². The van der Waals surface area contributed by atoms with Crippen LogP contribution in [0.5, 0.6) is 0 Å². The minimum absolute atomic E-state index is 0.359. The van der Waals surface area contributed by atoms with Crippen molar-refractivity contribution in [1.82, 2.24) is 0 Å². The van der Waals surface area contributed by atoms with E-state index in [1.54, 1.807) is 12.1 Å².